The topological polar surface area (TPSA) is 29.5 Å². The van der Waals surface area contributed by atoms with Gasteiger partial charge in [0.15, 0.2) is 6.10 Å². The van der Waals surface area contributed by atoms with Crippen LogP contribution in [-0.2, 0) is 11.3 Å². The largest absolute Gasteiger partial charge is 0.481 e. The number of likely N-dealkylation sites (N-methyl/N-ethyl adjacent to an activating group) is 1. The lowest BCUT2D eigenvalue weighted by atomic mass is 10.3. The Morgan fingerprint density at radius 1 is 1.32 bits per heavy atom. The summed E-state index contributed by atoms with van der Waals surface area (Å²) < 4.78 is 5.68. The van der Waals surface area contributed by atoms with Crippen molar-refractivity contribution in [2.45, 2.75) is 26.5 Å². The Balaban J connectivity index is 2.01. The van der Waals surface area contributed by atoms with Gasteiger partial charge in [-0.2, -0.15) is 0 Å². The summed E-state index contributed by atoms with van der Waals surface area (Å²) in [5.74, 6) is 0.476. The molecule has 0 aliphatic heterocycles. The van der Waals surface area contributed by atoms with Crippen LogP contribution in [0.1, 0.15) is 18.7 Å². The lowest BCUT2D eigenvalue weighted by molar-refractivity contribution is -0.138. The maximum atomic E-state index is 12.5. The van der Waals surface area contributed by atoms with Crippen LogP contribution in [0.3, 0.4) is 0 Å². The Bertz CT molecular complexity index is 631. The highest BCUT2D eigenvalue weighted by molar-refractivity contribution is 7.09. The quantitative estimate of drug-likeness (QED) is 0.737. The molecule has 1 amide bonds. The lowest BCUT2D eigenvalue weighted by Gasteiger charge is -2.24. The lowest BCUT2D eigenvalue weighted by Crippen LogP contribution is -2.39. The smallest absolute Gasteiger partial charge is 0.263 e. The number of hydrogen-bond donors (Lipinski definition) is 0. The zero-order valence-electron chi connectivity index (χ0n) is 12.4. The summed E-state index contributed by atoms with van der Waals surface area (Å²) in [4.78, 5) is 15.4. The number of hydrogen-bond acceptors (Lipinski definition) is 3. The molecule has 0 radical (unpaired) electrons. The average molecular weight is 358 g/mol. The Morgan fingerprint density at radius 2 is 2.09 bits per heavy atom. The monoisotopic (exact) mass is 357 g/mol. The van der Waals surface area contributed by atoms with Gasteiger partial charge in [-0.1, -0.05) is 29.3 Å². The van der Waals surface area contributed by atoms with Gasteiger partial charge in [-0.3, -0.25) is 4.79 Å². The maximum absolute atomic E-state index is 12.5. The van der Waals surface area contributed by atoms with Crippen molar-refractivity contribution in [2.24, 2.45) is 0 Å². The molecule has 3 nitrogen and oxygen atoms in total. The van der Waals surface area contributed by atoms with Crippen LogP contribution in [0.2, 0.25) is 10.0 Å². The van der Waals surface area contributed by atoms with E-state index in [4.69, 9.17) is 27.9 Å². The first-order chi connectivity index (χ1) is 10.5. The highest BCUT2D eigenvalue weighted by Gasteiger charge is 2.21. The molecule has 1 aromatic carbocycles. The summed E-state index contributed by atoms with van der Waals surface area (Å²) in [5, 5.41) is 2.87. The van der Waals surface area contributed by atoms with Gasteiger partial charge < -0.3 is 9.64 Å². The first kappa shape index (κ1) is 17.1. The highest BCUT2D eigenvalue weighted by atomic mass is 35.5. The summed E-state index contributed by atoms with van der Waals surface area (Å²) in [6.07, 6.45) is -0.586. The Labute approximate surface area is 144 Å². The third-order valence-corrected chi connectivity index (χ3v) is 4.77. The van der Waals surface area contributed by atoms with Crippen LogP contribution in [0.25, 0.3) is 0 Å². The summed E-state index contributed by atoms with van der Waals surface area (Å²) in [7, 11) is 0. The van der Waals surface area contributed by atoms with E-state index < -0.39 is 6.10 Å². The van der Waals surface area contributed by atoms with Crippen molar-refractivity contribution in [1.29, 1.82) is 0 Å². The summed E-state index contributed by atoms with van der Waals surface area (Å²) in [6, 6.07) is 8.97. The van der Waals surface area contributed by atoms with Gasteiger partial charge in [0.25, 0.3) is 5.91 Å². The molecule has 1 aromatic heterocycles. The van der Waals surface area contributed by atoms with Crippen molar-refractivity contribution < 1.29 is 9.53 Å². The minimum Gasteiger partial charge on any atom is -0.481 e. The maximum Gasteiger partial charge on any atom is 0.263 e. The van der Waals surface area contributed by atoms with Crippen molar-refractivity contribution in [3.63, 3.8) is 0 Å². The standard InChI is InChI=1S/C16H17Cl2NO2S/c1-3-19(10-13-5-4-8-22-13)16(20)11(2)21-12-6-7-14(17)15(18)9-12/h4-9,11H,3,10H2,1-2H3. The molecule has 118 valence electrons. The Morgan fingerprint density at radius 3 is 2.68 bits per heavy atom. The van der Waals surface area contributed by atoms with Gasteiger partial charge in [0.05, 0.1) is 16.6 Å². The molecule has 0 spiro atoms. The van der Waals surface area contributed by atoms with Gasteiger partial charge >= 0.3 is 0 Å². The third-order valence-electron chi connectivity index (χ3n) is 3.17. The molecule has 6 heteroatoms. The van der Waals surface area contributed by atoms with E-state index in [0.29, 0.717) is 28.9 Å². The third kappa shape index (κ3) is 4.38. The second-order valence-electron chi connectivity index (χ2n) is 4.77. The van der Waals surface area contributed by atoms with E-state index in [1.54, 1.807) is 41.4 Å². The van der Waals surface area contributed by atoms with E-state index in [9.17, 15) is 4.79 Å². The van der Waals surface area contributed by atoms with E-state index in [0.717, 1.165) is 4.88 Å². The molecule has 22 heavy (non-hydrogen) atoms. The highest BCUT2D eigenvalue weighted by Crippen LogP contribution is 2.27. The number of benzene rings is 1. The van der Waals surface area contributed by atoms with E-state index >= 15 is 0 Å². The first-order valence-electron chi connectivity index (χ1n) is 6.94. The number of amides is 1. The first-order valence-corrected chi connectivity index (χ1v) is 8.57. The van der Waals surface area contributed by atoms with Crippen molar-refractivity contribution in [3.8, 4) is 5.75 Å². The van der Waals surface area contributed by atoms with Crippen LogP contribution in [0, 0.1) is 0 Å². The average Bonchev–Trinajstić information content (AvgIpc) is 3.01. The predicted octanol–water partition coefficient (Wildman–Crippen LogP) is 4.87. The van der Waals surface area contributed by atoms with Crippen molar-refractivity contribution in [3.05, 3.63) is 50.6 Å². The van der Waals surface area contributed by atoms with Gasteiger partial charge in [0.2, 0.25) is 0 Å². The summed E-state index contributed by atoms with van der Waals surface area (Å²) >= 11 is 13.5. The molecule has 1 atom stereocenters. The molecular formula is C16H17Cl2NO2S. The SMILES string of the molecule is CCN(Cc1cccs1)C(=O)C(C)Oc1ccc(Cl)c(Cl)c1. The van der Waals surface area contributed by atoms with E-state index in [1.165, 1.54) is 0 Å². The molecule has 0 fully saturated rings. The number of thiophene rings is 1. The van der Waals surface area contributed by atoms with Gasteiger partial charge in [-0.25, -0.2) is 0 Å². The number of carbonyl (C=O) groups is 1. The van der Waals surface area contributed by atoms with Crippen molar-refractivity contribution in [1.82, 2.24) is 4.90 Å². The second kappa shape index (κ2) is 7.86. The molecule has 2 aromatic rings. The van der Waals surface area contributed by atoms with Crippen LogP contribution in [0.5, 0.6) is 5.75 Å². The summed E-state index contributed by atoms with van der Waals surface area (Å²) in [6.45, 7) is 4.92. The Hall–Kier alpha value is -1.23. The van der Waals surface area contributed by atoms with Gasteiger partial charge in [0.1, 0.15) is 5.75 Å². The van der Waals surface area contributed by atoms with E-state index in [-0.39, 0.29) is 5.91 Å². The molecule has 1 heterocycles. The molecule has 0 bridgehead atoms. The fourth-order valence-corrected chi connectivity index (χ4v) is 3.01. The van der Waals surface area contributed by atoms with Crippen LogP contribution in [-0.4, -0.2) is 23.5 Å². The Kier molecular flexibility index (Phi) is 6.12. The van der Waals surface area contributed by atoms with Crippen LogP contribution in [0.4, 0.5) is 0 Å². The van der Waals surface area contributed by atoms with Gasteiger partial charge in [-0.15, -0.1) is 11.3 Å². The second-order valence-corrected chi connectivity index (χ2v) is 6.61. The van der Waals surface area contributed by atoms with Crippen molar-refractivity contribution in [2.75, 3.05) is 6.54 Å². The van der Waals surface area contributed by atoms with Gasteiger partial charge in [-0.05, 0) is 37.4 Å². The van der Waals surface area contributed by atoms with Crippen molar-refractivity contribution >= 4 is 40.4 Å². The van der Waals surface area contributed by atoms with E-state index in [2.05, 4.69) is 0 Å². The minimum atomic E-state index is -0.586. The zero-order valence-corrected chi connectivity index (χ0v) is 14.7. The fourth-order valence-electron chi connectivity index (χ4n) is 2.00. The minimum absolute atomic E-state index is 0.0537. The number of rotatable bonds is 6. The van der Waals surface area contributed by atoms with Crippen LogP contribution < -0.4 is 4.74 Å². The number of carbonyl (C=O) groups excluding carboxylic acids is 1. The molecule has 0 aliphatic rings. The van der Waals surface area contributed by atoms with Gasteiger partial charge in [0, 0.05) is 17.5 Å². The number of nitrogens with zero attached hydrogens (tertiary/aromatic N) is 1. The normalized spacial score (nSPS) is 12.0. The molecule has 0 aliphatic carbocycles. The number of ether oxygens (including phenoxy) is 1. The molecular weight excluding hydrogens is 341 g/mol. The van der Waals surface area contributed by atoms with Crippen LogP contribution in [0.15, 0.2) is 35.7 Å². The molecule has 0 saturated carbocycles. The zero-order chi connectivity index (χ0) is 16.1. The molecule has 0 N–H and O–H groups in total. The van der Waals surface area contributed by atoms with E-state index in [1.807, 2.05) is 24.4 Å². The molecule has 2 rings (SSSR count). The fraction of sp³-hybridized carbons (Fsp3) is 0.312. The predicted molar refractivity (Wildman–Crippen MR) is 92.0 cm³/mol. The molecule has 1 unspecified atom stereocenters. The molecule has 0 saturated heterocycles. The van der Waals surface area contributed by atoms with Crippen LogP contribution >= 0.6 is 34.5 Å². The number of halogens is 2. The summed E-state index contributed by atoms with van der Waals surface area (Å²) in [5.41, 5.74) is 0.